The van der Waals surface area contributed by atoms with E-state index in [0.29, 0.717) is 6.42 Å². The highest BCUT2D eigenvalue weighted by Crippen LogP contribution is 2.28. The Hall–Kier alpha value is -1.05. The van der Waals surface area contributed by atoms with Crippen LogP contribution in [0.1, 0.15) is 31.9 Å². The number of nitrogens with zero attached hydrogens (tertiary/aromatic N) is 2. The molecule has 92 valence electrons. The molecule has 0 fully saturated rings. The van der Waals surface area contributed by atoms with Crippen molar-refractivity contribution in [1.29, 1.82) is 5.26 Å². The maximum Gasteiger partial charge on any atom is 0.0772 e. The molecule has 0 aliphatic heterocycles. The van der Waals surface area contributed by atoms with E-state index in [-0.39, 0.29) is 6.04 Å². The molecule has 4 heteroatoms. The van der Waals surface area contributed by atoms with Crippen LogP contribution < -0.4 is 4.90 Å². The van der Waals surface area contributed by atoms with Crippen LogP contribution in [0.4, 0.5) is 5.69 Å². The average Bonchev–Trinajstić information content (AvgIpc) is 2.27. The third kappa shape index (κ3) is 3.45. The van der Waals surface area contributed by atoms with Gasteiger partial charge in [-0.25, -0.2) is 0 Å². The van der Waals surface area contributed by atoms with Gasteiger partial charge >= 0.3 is 0 Å². The highest BCUT2D eigenvalue weighted by atomic mass is 79.9. The molecular formula is C13H17BrN2O. The van der Waals surface area contributed by atoms with Gasteiger partial charge in [-0.3, -0.25) is 0 Å². The SMILES string of the molecule is CC(O)c1ccc(N(C)C(C)CC#N)cc1Br. The highest BCUT2D eigenvalue weighted by Gasteiger charge is 2.12. The predicted molar refractivity (Wildman–Crippen MR) is 72.9 cm³/mol. The molecule has 0 saturated heterocycles. The van der Waals surface area contributed by atoms with Crippen LogP contribution in [-0.4, -0.2) is 18.2 Å². The Kier molecular flexibility index (Phi) is 4.98. The molecule has 0 aliphatic carbocycles. The standard InChI is InChI=1S/C13H17BrN2O/c1-9(6-7-15)16(3)11-4-5-12(10(2)17)13(14)8-11/h4-5,8-10,17H,6H2,1-3H3. The van der Waals surface area contributed by atoms with Crippen LogP contribution in [-0.2, 0) is 0 Å². The van der Waals surface area contributed by atoms with Gasteiger partial charge in [0.2, 0.25) is 0 Å². The van der Waals surface area contributed by atoms with E-state index >= 15 is 0 Å². The van der Waals surface area contributed by atoms with E-state index in [9.17, 15) is 5.11 Å². The number of nitriles is 1. The smallest absolute Gasteiger partial charge is 0.0772 e. The number of benzene rings is 1. The Balaban J connectivity index is 2.94. The molecule has 1 N–H and O–H groups in total. The molecule has 0 heterocycles. The molecule has 0 amide bonds. The van der Waals surface area contributed by atoms with Gasteiger partial charge < -0.3 is 10.0 Å². The average molecular weight is 297 g/mol. The summed E-state index contributed by atoms with van der Waals surface area (Å²) in [5, 5.41) is 18.2. The fraction of sp³-hybridized carbons (Fsp3) is 0.462. The van der Waals surface area contributed by atoms with Crippen molar-refractivity contribution >= 4 is 21.6 Å². The summed E-state index contributed by atoms with van der Waals surface area (Å²) in [6.45, 7) is 3.75. The lowest BCUT2D eigenvalue weighted by Gasteiger charge is -2.26. The van der Waals surface area contributed by atoms with Gasteiger partial charge in [0.15, 0.2) is 0 Å². The summed E-state index contributed by atoms with van der Waals surface area (Å²) in [6.07, 6.45) is 0.00647. The molecule has 1 aromatic carbocycles. The van der Waals surface area contributed by atoms with Gasteiger partial charge in [-0.2, -0.15) is 5.26 Å². The third-order valence-corrected chi connectivity index (χ3v) is 3.58. The largest absolute Gasteiger partial charge is 0.389 e. The number of aliphatic hydroxyl groups is 1. The summed E-state index contributed by atoms with van der Waals surface area (Å²) in [6, 6.07) is 8.17. The molecule has 0 aromatic heterocycles. The maximum absolute atomic E-state index is 9.54. The summed E-state index contributed by atoms with van der Waals surface area (Å²) in [5.74, 6) is 0. The molecule has 2 atom stereocenters. The topological polar surface area (TPSA) is 47.3 Å². The summed E-state index contributed by atoms with van der Waals surface area (Å²) in [7, 11) is 1.96. The van der Waals surface area contributed by atoms with E-state index < -0.39 is 6.10 Å². The van der Waals surface area contributed by atoms with Crippen molar-refractivity contribution in [3.8, 4) is 6.07 Å². The number of hydrogen-bond acceptors (Lipinski definition) is 3. The van der Waals surface area contributed by atoms with Crippen molar-refractivity contribution in [1.82, 2.24) is 0 Å². The van der Waals surface area contributed by atoms with Gasteiger partial charge in [0.05, 0.1) is 18.6 Å². The predicted octanol–water partition coefficient (Wildman–Crippen LogP) is 3.24. The summed E-state index contributed by atoms with van der Waals surface area (Å²) < 4.78 is 0.890. The van der Waals surface area contributed by atoms with Crippen molar-refractivity contribution in [2.45, 2.75) is 32.4 Å². The monoisotopic (exact) mass is 296 g/mol. The van der Waals surface area contributed by atoms with Crippen molar-refractivity contribution in [3.05, 3.63) is 28.2 Å². The zero-order valence-electron chi connectivity index (χ0n) is 10.3. The zero-order chi connectivity index (χ0) is 13.0. The van der Waals surface area contributed by atoms with Crippen molar-refractivity contribution in [3.63, 3.8) is 0 Å². The molecule has 1 aromatic rings. The van der Waals surface area contributed by atoms with Crippen molar-refractivity contribution < 1.29 is 5.11 Å². The van der Waals surface area contributed by atoms with Crippen LogP contribution in [0.25, 0.3) is 0 Å². The molecule has 3 nitrogen and oxygen atoms in total. The third-order valence-electron chi connectivity index (χ3n) is 2.89. The minimum absolute atomic E-state index is 0.171. The lowest BCUT2D eigenvalue weighted by molar-refractivity contribution is 0.198. The van der Waals surface area contributed by atoms with E-state index in [1.54, 1.807) is 6.92 Å². The van der Waals surface area contributed by atoms with Gasteiger partial charge in [0, 0.05) is 23.2 Å². The molecule has 0 bridgehead atoms. The first-order valence-corrected chi connectivity index (χ1v) is 6.34. The van der Waals surface area contributed by atoms with Crippen molar-refractivity contribution in [2.75, 3.05) is 11.9 Å². The minimum atomic E-state index is -0.486. The van der Waals surface area contributed by atoms with Gasteiger partial charge in [-0.1, -0.05) is 22.0 Å². The van der Waals surface area contributed by atoms with E-state index in [1.807, 2.05) is 32.2 Å². The highest BCUT2D eigenvalue weighted by molar-refractivity contribution is 9.10. The molecule has 17 heavy (non-hydrogen) atoms. The lowest BCUT2D eigenvalue weighted by Crippen LogP contribution is -2.28. The molecule has 0 radical (unpaired) electrons. The number of rotatable bonds is 4. The quantitative estimate of drug-likeness (QED) is 0.928. The summed E-state index contributed by atoms with van der Waals surface area (Å²) in [5.41, 5.74) is 1.90. The van der Waals surface area contributed by atoms with Gasteiger partial charge in [-0.05, 0) is 31.5 Å². The molecule has 0 aliphatic rings. The van der Waals surface area contributed by atoms with Gasteiger partial charge in [-0.15, -0.1) is 0 Å². The van der Waals surface area contributed by atoms with Crippen molar-refractivity contribution in [2.24, 2.45) is 0 Å². The molecule has 0 saturated carbocycles. The van der Waals surface area contributed by atoms with E-state index in [2.05, 4.69) is 26.9 Å². The number of anilines is 1. The van der Waals surface area contributed by atoms with Crippen LogP contribution in [0.15, 0.2) is 22.7 Å². The van der Waals surface area contributed by atoms with E-state index in [4.69, 9.17) is 5.26 Å². The Morgan fingerprint density at radius 3 is 2.59 bits per heavy atom. The first kappa shape index (κ1) is 14.0. The fourth-order valence-electron chi connectivity index (χ4n) is 1.60. The second kappa shape index (κ2) is 6.04. The van der Waals surface area contributed by atoms with Crippen LogP contribution in [0.3, 0.4) is 0 Å². The first-order valence-electron chi connectivity index (χ1n) is 5.54. The summed E-state index contributed by atoms with van der Waals surface area (Å²) >= 11 is 3.45. The number of hydrogen-bond donors (Lipinski definition) is 1. The molecule has 2 unspecified atom stereocenters. The molecule has 1 rings (SSSR count). The van der Waals surface area contributed by atoms with E-state index in [0.717, 1.165) is 15.7 Å². The normalized spacial score (nSPS) is 13.9. The lowest BCUT2D eigenvalue weighted by atomic mass is 10.1. The molecule has 0 spiro atoms. The second-order valence-electron chi connectivity index (χ2n) is 4.20. The minimum Gasteiger partial charge on any atom is -0.389 e. The second-order valence-corrected chi connectivity index (χ2v) is 5.06. The maximum atomic E-state index is 9.54. The van der Waals surface area contributed by atoms with Crippen LogP contribution >= 0.6 is 15.9 Å². The Morgan fingerprint density at radius 1 is 1.47 bits per heavy atom. The Morgan fingerprint density at radius 2 is 2.12 bits per heavy atom. The van der Waals surface area contributed by atoms with Crippen LogP contribution in [0.2, 0.25) is 0 Å². The molecular weight excluding hydrogens is 280 g/mol. The van der Waals surface area contributed by atoms with Crippen LogP contribution in [0, 0.1) is 11.3 Å². The summed E-state index contributed by atoms with van der Waals surface area (Å²) in [4.78, 5) is 2.06. The first-order chi connectivity index (χ1) is 7.97. The Labute approximate surface area is 111 Å². The fourth-order valence-corrected chi connectivity index (χ4v) is 2.30. The van der Waals surface area contributed by atoms with Crippen LogP contribution in [0.5, 0.6) is 0 Å². The zero-order valence-corrected chi connectivity index (χ0v) is 11.9. The van der Waals surface area contributed by atoms with E-state index in [1.165, 1.54) is 0 Å². The number of aliphatic hydroxyl groups excluding tert-OH is 1. The Bertz CT molecular complexity index is 426. The van der Waals surface area contributed by atoms with Gasteiger partial charge in [0.25, 0.3) is 0 Å². The van der Waals surface area contributed by atoms with Gasteiger partial charge in [0.1, 0.15) is 0 Å². The number of halogens is 1.